The zero-order chi connectivity index (χ0) is 9.42. The minimum absolute atomic E-state index is 0.0844. The summed E-state index contributed by atoms with van der Waals surface area (Å²) in [7, 11) is 0. The molecule has 1 amide bonds. The highest BCUT2D eigenvalue weighted by molar-refractivity contribution is 5.81. The molecule has 68 valence electrons. The van der Waals surface area contributed by atoms with E-state index >= 15 is 0 Å². The molecular formula is C11H13NO. The molecule has 0 spiro atoms. The lowest BCUT2D eigenvalue weighted by Crippen LogP contribution is -2.13. The molecule has 0 heterocycles. The maximum atomic E-state index is 10.9. The third-order valence-electron chi connectivity index (χ3n) is 2.74. The lowest BCUT2D eigenvalue weighted by molar-refractivity contribution is -0.119. The highest BCUT2D eigenvalue weighted by atomic mass is 16.1. The van der Waals surface area contributed by atoms with Crippen LogP contribution in [-0.4, -0.2) is 5.91 Å². The van der Waals surface area contributed by atoms with Gasteiger partial charge in [-0.05, 0) is 30.4 Å². The van der Waals surface area contributed by atoms with E-state index < -0.39 is 0 Å². The summed E-state index contributed by atoms with van der Waals surface area (Å²) in [4.78, 5) is 10.9. The largest absolute Gasteiger partial charge is 0.369 e. The molecule has 0 radical (unpaired) electrons. The standard InChI is InChI=1S/C11H13NO/c1-7-4-2-3-5-8(7)9-6-10(9)11(12)13/h2-5,9-10H,6H2,1H3,(H2,12,13). The average molecular weight is 175 g/mol. The quantitative estimate of drug-likeness (QED) is 0.728. The van der Waals surface area contributed by atoms with E-state index in [0.29, 0.717) is 5.92 Å². The first kappa shape index (κ1) is 8.30. The van der Waals surface area contributed by atoms with Crippen LogP contribution in [0.15, 0.2) is 24.3 Å². The third-order valence-corrected chi connectivity index (χ3v) is 2.74. The van der Waals surface area contributed by atoms with Crippen molar-refractivity contribution in [3.63, 3.8) is 0 Å². The molecule has 0 saturated heterocycles. The SMILES string of the molecule is Cc1ccccc1C1CC1C(N)=O. The number of aryl methyl sites for hydroxylation is 1. The monoisotopic (exact) mass is 175 g/mol. The van der Waals surface area contributed by atoms with E-state index in [1.807, 2.05) is 12.1 Å². The van der Waals surface area contributed by atoms with Gasteiger partial charge in [-0.15, -0.1) is 0 Å². The molecule has 1 aromatic carbocycles. The number of primary amides is 1. The molecule has 1 aromatic rings. The van der Waals surface area contributed by atoms with Crippen molar-refractivity contribution in [3.8, 4) is 0 Å². The second-order valence-corrected chi connectivity index (χ2v) is 3.71. The predicted octanol–water partition coefficient (Wildman–Crippen LogP) is 1.58. The number of hydrogen-bond donors (Lipinski definition) is 1. The summed E-state index contributed by atoms with van der Waals surface area (Å²) in [6, 6.07) is 8.19. The van der Waals surface area contributed by atoms with Crippen molar-refractivity contribution >= 4 is 5.91 Å². The summed E-state index contributed by atoms with van der Waals surface area (Å²) in [6.45, 7) is 2.08. The van der Waals surface area contributed by atoms with Gasteiger partial charge >= 0.3 is 0 Å². The lowest BCUT2D eigenvalue weighted by atomic mass is 10.0. The topological polar surface area (TPSA) is 43.1 Å². The smallest absolute Gasteiger partial charge is 0.221 e. The fourth-order valence-corrected chi connectivity index (χ4v) is 1.86. The van der Waals surface area contributed by atoms with Gasteiger partial charge in [-0.25, -0.2) is 0 Å². The van der Waals surface area contributed by atoms with Gasteiger partial charge in [0.1, 0.15) is 0 Å². The second kappa shape index (κ2) is 2.87. The first-order chi connectivity index (χ1) is 6.20. The summed E-state index contributed by atoms with van der Waals surface area (Å²) in [5.74, 6) is 0.313. The van der Waals surface area contributed by atoms with Crippen molar-refractivity contribution in [2.24, 2.45) is 11.7 Å². The van der Waals surface area contributed by atoms with Crippen LogP contribution < -0.4 is 5.73 Å². The molecule has 13 heavy (non-hydrogen) atoms. The maximum absolute atomic E-state index is 10.9. The zero-order valence-corrected chi connectivity index (χ0v) is 7.66. The van der Waals surface area contributed by atoms with Crippen LogP contribution in [0.1, 0.15) is 23.5 Å². The molecule has 0 bridgehead atoms. The van der Waals surface area contributed by atoms with Crippen molar-refractivity contribution in [1.29, 1.82) is 0 Å². The van der Waals surface area contributed by atoms with Crippen LogP contribution in [0.25, 0.3) is 0 Å². The van der Waals surface area contributed by atoms with E-state index in [0.717, 1.165) is 6.42 Å². The molecule has 2 atom stereocenters. The van der Waals surface area contributed by atoms with Crippen molar-refractivity contribution in [2.45, 2.75) is 19.3 Å². The van der Waals surface area contributed by atoms with Crippen LogP contribution in [0.3, 0.4) is 0 Å². The molecule has 2 unspecified atom stereocenters. The number of hydrogen-bond acceptors (Lipinski definition) is 1. The molecular weight excluding hydrogens is 162 g/mol. The Bertz CT molecular complexity index is 346. The van der Waals surface area contributed by atoms with E-state index in [-0.39, 0.29) is 11.8 Å². The van der Waals surface area contributed by atoms with Crippen LogP contribution in [0.5, 0.6) is 0 Å². The van der Waals surface area contributed by atoms with Gasteiger partial charge in [0.25, 0.3) is 0 Å². The van der Waals surface area contributed by atoms with Gasteiger partial charge in [-0.1, -0.05) is 24.3 Å². The van der Waals surface area contributed by atoms with Gasteiger partial charge in [0, 0.05) is 5.92 Å². The van der Waals surface area contributed by atoms with Gasteiger partial charge in [0.2, 0.25) is 5.91 Å². The van der Waals surface area contributed by atoms with Gasteiger partial charge in [0.15, 0.2) is 0 Å². The van der Waals surface area contributed by atoms with Crippen LogP contribution >= 0.6 is 0 Å². The fraction of sp³-hybridized carbons (Fsp3) is 0.364. The molecule has 1 aliphatic rings. The minimum atomic E-state index is -0.159. The Morgan fingerprint density at radius 2 is 2.15 bits per heavy atom. The number of nitrogens with two attached hydrogens (primary N) is 1. The van der Waals surface area contributed by atoms with Crippen LogP contribution in [0.2, 0.25) is 0 Å². The van der Waals surface area contributed by atoms with Gasteiger partial charge in [-0.3, -0.25) is 4.79 Å². The first-order valence-electron chi connectivity index (χ1n) is 4.55. The van der Waals surface area contributed by atoms with Crippen molar-refractivity contribution in [2.75, 3.05) is 0 Å². The number of amides is 1. The molecule has 2 nitrogen and oxygen atoms in total. The van der Waals surface area contributed by atoms with Crippen molar-refractivity contribution in [1.82, 2.24) is 0 Å². The van der Waals surface area contributed by atoms with Crippen molar-refractivity contribution < 1.29 is 4.79 Å². The van der Waals surface area contributed by atoms with Crippen LogP contribution in [0.4, 0.5) is 0 Å². The summed E-state index contributed by atoms with van der Waals surface area (Å²) in [6.07, 6.45) is 0.931. The Balaban J connectivity index is 2.21. The molecule has 1 aliphatic carbocycles. The van der Waals surface area contributed by atoms with Crippen LogP contribution in [0, 0.1) is 12.8 Å². The number of carbonyl (C=O) groups is 1. The Kier molecular flexibility index (Phi) is 1.83. The molecule has 2 rings (SSSR count). The van der Waals surface area contributed by atoms with E-state index in [9.17, 15) is 4.79 Å². The van der Waals surface area contributed by atoms with E-state index in [1.54, 1.807) is 0 Å². The summed E-state index contributed by atoms with van der Waals surface area (Å²) >= 11 is 0. The zero-order valence-electron chi connectivity index (χ0n) is 7.66. The fourth-order valence-electron chi connectivity index (χ4n) is 1.86. The Labute approximate surface area is 77.8 Å². The average Bonchev–Trinajstić information content (AvgIpc) is 2.84. The molecule has 1 fully saturated rings. The molecule has 0 aliphatic heterocycles. The molecule has 1 saturated carbocycles. The van der Waals surface area contributed by atoms with Gasteiger partial charge < -0.3 is 5.73 Å². The summed E-state index contributed by atoms with van der Waals surface area (Å²) < 4.78 is 0. The number of carbonyl (C=O) groups excluding carboxylic acids is 1. The molecule has 2 N–H and O–H groups in total. The number of rotatable bonds is 2. The van der Waals surface area contributed by atoms with E-state index in [2.05, 4.69) is 19.1 Å². The molecule has 2 heteroatoms. The summed E-state index contributed by atoms with van der Waals surface area (Å²) in [5.41, 5.74) is 7.78. The third kappa shape index (κ3) is 1.44. The Hall–Kier alpha value is -1.31. The van der Waals surface area contributed by atoms with Crippen molar-refractivity contribution in [3.05, 3.63) is 35.4 Å². The summed E-state index contributed by atoms with van der Waals surface area (Å²) in [5, 5.41) is 0. The second-order valence-electron chi connectivity index (χ2n) is 3.71. The van der Waals surface area contributed by atoms with Crippen LogP contribution in [-0.2, 0) is 4.79 Å². The van der Waals surface area contributed by atoms with E-state index in [1.165, 1.54) is 11.1 Å². The highest BCUT2D eigenvalue weighted by Gasteiger charge is 2.43. The molecule has 0 aromatic heterocycles. The normalized spacial score (nSPS) is 25.6. The van der Waals surface area contributed by atoms with E-state index in [4.69, 9.17) is 5.73 Å². The highest BCUT2D eigenvalue weighted by Crippen LogP contribution is 2.47. The first-order valence-corrected chi connectivity index (χ1v) is 4.55. The van der Waals surface area contributed by atoms with Gasteiger partial charge in [0.05, 0.1) is 0 Å². The number of benzene rings is 1. The Morgan fingerprint density at radius 3 is 2.69 bits per heavy atom. The Morgan fingerprint density at radius 1 is 1.46 bits per heavy atom. The lowest BCUT2D eigenvalue weighted by Gasteiger charge is -2.02. The van der Waals surface area contributed by atoms with Gasteiger partial charge in [-0.2, -0.15) is 0 Å². The minimum Gasteiger partial charge on any atom is -0.369 e. The maximum Gasteiger partial charge on any atom is 0.221 e. The predicted molar refractivity (Wildman–Crippen MR) is 51.2 cm³/mol.